The van der Waals surface area contributed by atoms with Crippen molar-refractivity contribution in [3.05, 3.63) is 64.7 Å². The number of aryl methyl sites for hydroxylation is 1. The molecule has 146 valence electrons. The molecule has 1 atom stereocenters. The SMILES string of the molecule is COc1ccc(CN2CCO[C@@H](CN3C(=O)c4ccccc4C3=O)C2)cc1C. The zero-order chi connectivity index (χ0) is 19.7. The summed E-state index contributed by atoms with van der Waals surface area (Å²) in [5.74, 6) is 0.424. The Kier molecular flexibility index (Phi) is 5.15. The molecule has 2 heterocycles. The summed E-state index contributed by atoms with van der Waals surface area (Å²) in [5, 5.41) is 0. The molecule has 28 heavy (non-hydrogen) atoms. The van der Waals surface area contributed by atoms with Crippen LogP contribution in [0.2, 0.25) is 0 Å². The highest BCUT2D eigenvalue weighted by molar-refractivity contribution is 6.21. The highest BCUT2D eigenvalue weighted by atomic mass is 16.5. The molecule has 0 N–H and O–H groups in total. The van der Waals surface area contributed by atoms with Gasteiger partial charge in [0, 0.05) is 19.6 Å². The number of carbonyl (C=O) groups excluding carboxylic acids is 2. The maximum absolute atomic E-state index is 12.6. The molecule has 0 aromatic heterocycles. The quantitative estimate of drug-likeness (QED) is 0.746. The van der Waals surface area contributed by atoms with E-state index in [1.807, 2.05) is 13.0 Å². The van der Waals surface area contributed by atoms with Gasteiger partial charge in [-0.25, -0.2) is 0 Å². The molecule has 0 radical (unpaired) electrons. The van der Waals surface area contributed by atoms with Crippen LogP contribution in [0.1, 0.15) is 31.8 Å². The van der Waals surface area contributed by atoms with Gasteiger partial charge in [-0.1, -0.05) is 24.3 Å². The van der Waals surface area contributed by atoms with Crippen LogP contribution >= 0.6 is 0 Å². The Morgan fingerprint density at radius 1 is 1.11 bits per heavy atom. The van der Waals surface area contributed by atoms with Gasteiger partial charge in [0.25, 0.3) is 11.8 Å². The molecule has 1 fully saturated rings. The van der Waals surface area contributed by atoms with E-state index in [1.165, 1.54) is 10.5 Å². The van der Waals surface area contributed by atoms with E-state index < -0.39 is 0 Å². The van der Waals surface area contributed by atoms with Gasteiger partial charge in [-0.05, 0) is 36.2 Å². The Bertz CT molecular complexity index is 876. The van der Waals surface area contributed by atoms with Gasteiger partial charge in [0.15, 0.2) is 0 Å². The molecule has 4 rings (SSSR count). The topological polar surface area (TPSA) is 59.1 Å². The van der Waals surface area contributed by atoms with Crippen molar-refractivity contribution in [3.8, 4) is 5.75 Å². The molecule has 2 amide bonds. The minimum absolute atomic E-state index is 0.185. The van der Waals surface area contributed by atoms with Gasteiger partial charge in [0.2, 0.25) is 0 Å². The molecule has 0 saturated carbocycles. The molecular weight excluding hydrogens is 356 g/mol. The third-order valence-electron chi connectivity index (χ3n) is 5.35. The highest BCUT2D eigenvalue weighted by Gasteiger charge is 2.37. The van der Waals surface area contributed by atoms with Crippen molar-refractivity contribution >= 4 is 11.8 Å². The van der Waals surface area contributed by atoms with Crippen LogP contribution in [0, 0.1) is 6.92 Å². The lowest BCUT2D eigenvalue weighted by Gasteiger charge is -2.34. The second kappa shape index (κ2) is 7.73. The maximum atomic E-state index is 12.6. The van der Waals surface area contributed by atoms with Crippen molar-refractivity contribution in [2.45, 2.75) is 19.6 Å². The van der Waals surface area contributed by atoms with Crippen LogP contribution in [-0.2, 0) is 11.3 Å². The summed E-state index contributed by atoms with van der Waals surface area (Å²) in [4.78, 5) is 28.8. The fourth-order valence-corrected chi connectivity index (χ4v) is 3.94. The summed E-state index contributed by atoms with van der Waals surface area (Å²) >= 11 is 0. The van der Waals surface area contributed by atoms with Gasteiger partial charge < -0.3 is 9.47 Å². The number of fused-ring (bicyclic) bond motifs is 1. The van der Waals surface area contributed by atoms with Crippen molar-refractivity contribution in [2.75, 3.05) is 33.4 Å². The van der Waals surface area contributed by atoms with Crippen LogP contribution in [0.4, 0.5) is 0 Å². The van der Waals surface area contributed by atoms with Crippen molar-refractivity contribution in [1.82, 2.24) is 9.80 Å². The minimum Gasteiger partial charge on any atom is -0.496 e. The predicted octanol–water partition coefficient (Wildman–Crippen LogP) is 2.50. The molecule has 0 spiro atoms. The lowest BCUT2D eigenvalue weighted by atomic mass is 10.1. The van der Waals surface area contributed by atoms with E-state index in [-0.39, 0.29) is 24.5 Å². The molecule has 6 nitrogen and oxygen atoms in total. The molecular formula is C22H24N2O4. The molecule has 0 bridgehead atoms. The molecule has 0 aliphatic carbocycles. The first-order chi connectivity index (χ1) is 13.6. The largest absolute Gasteiger partial charge is 0.496 e. The second-order valence-electron chi connectivity index (χ2n) is 7.30. The van der Waals surface area contributed by atoms with E-state index >= 15 is 0 Å². The first-order valence-electron chi connectivity index (χ1n) is 9.49. The van der Waals surface area contributed by atoms with Crippen molar-refractivity contribution in [1.29, 1.82) is 0 Å². The van der Waals surface area contributed by atoms with E-state index in [0.717, 1.165) is 24.4 Å². The minimum atomic E-state index is -0.230. The van der Waals surface area contributed by atoms with Crippen LogP contribution in [0.3, 0.4) is 0 Å². The van der Waals surface area contributed by atoms with Crippen LogP contribution in [-0.4, -0.2) is 61.1 Å². The third kappa shape index (κ3) is 3.53. The predicted molar refractivity (Wildman–Crippen MR) is 105 cm³/mol. The van der Waals surface area contributed by atoms with Crippen molar-refractivity contribution in [3.63, 3.8) is 0 Å². The van der Waals surface area contributed by atoms with Crippen LogP contribution in [0.5, 0.6) is 5.75 Å². The maximum Gasteiger partial charge on any atom is 0.261 e. The molecule has 2 aliphatic rings. The lowest BCUT2D eigenvalue weighted by molar-refractivity contribution is -0.0400. The number of benzene rings is 2. The number of morpholine rings is 1. The molecule has 2 aromatic rings. The number of ether oxygens (including phenoxy) is 2. The van der Waals surface area contributed by atoms with E-state index in [1.54, 1.807) is 31.4 Å². The summed E-state index contributed by atoms with van der Waals surface area (Å²) in [6.07, 6.45) is -0.185. The number of hydrogen-bond donors (Lipinski definition) is 0. The summed E-state index contributed by atoms with van der Waals surface area (Å²) in [6, 6.07) is 13.2. The number of carbonyl (C=O) groups is 2. The van der Waals surface area contributed by atoms with Crippen molar-refractivity contribution < 1.29 is 19.1 Å². The fourth-order valence-electron chi connectivity index (χ4n) is 3.94. The average molecular weight is 380 g/mol. The lowest BCUT2D eigenvalue weighted by Crippen LogP contribution is -2.48. The first-order valence-corrected chi connectivity index (χ1v) is 9.49. The van der Waals surface area contributed by atoms with Gasteiger partial charge in [-0.3, -0.25) is 19.4 Å². The number of nitrogens with zero attached hydrogens (tertiary/aromatic N) is 2. The molecule has 1 saturated heterocycles. The Morgan fingerprint density at radius 2 is 1.82 bits per heavy atom. The van der Waals surface area contributed by atoms with E-state index in [2.05, 4.69) is 17.0 Å². The Hall–Kier alpha value is -2.70. The Balaban J connectivity index is 1.40. The normalized spacial score (nSPS) is 19.8. The summed E-state index contributed by atoms with van der Waals surface area (Å²) < 4.78 is 11.2. The Morgan fingerprint density at radius 3 is 2.46 bits per heavy atom. The fraction of sp³-hybridized carbons (Fsp3) is 0.364. The zero-order valence-corrected chi connectivity index (χ0v) is 16.2. The van der Waals surface area contributed by atoms with Crippen LogP contribution in [0.15, 0.2) is 42.5 Å². The number of imide groups is 1. The van der Waals surface area contributed by atoms with E-state index in [0.29, 0.717) is 24.3 Å². The molecule has 2 aliphatic heterocycles. The van der Waals surface area contributed by atoms with Gasteiger partial charge in [0.05, 0.1) is 37.5 Å². The highest BCUT2D eigenvalue weighted by Crippen LogP contribution is 2.24. The monoisotopic (exact) mass is 380 g/mol. The van der Waals surface area contributed by atoms with Gasteiger partial charge in [0.1, 0.15) is 5.75 Å². The molecule has 6 heteroatoms. The number of rotatable bonds is 5. The second-order valence-corrected chi connectivity index (χ2v) is 7.30. The number of amides is 2. The van der Waals surface area contributed by atoms with E-state index in [9.17, 15) is 9.59 Å². The van der Waals surface area contributed by atoms with Crippen molar-refractivity contribution in [2.24, 2.45) is 0 Å². The van der Waals surface area contributed by atoms with E-state index in [4.69, 9.17) is 9.47 Å². The van der Waals surface area contributed by atoms with Gasteiger partial charge >= 0.3 is 0 Å². The zero-order valence-electron chi connectivity index (χ0n) is 16.2. The molecule has 0 unspecified atom stereocenters. The summed E-state index contributed by atoms with van der Waals surface area (Å²) in [6.45, 7) is 5.20. The molecule has 2 aromatic carbocycles. The average Bonchev–Trinajstić information content (AvgIpc) is 2.94. The smallest absolute Gasteiger partial charge is 0.261 e. The van der Waals surface area contributed by atoms with Crippen LogP contribution in [0.25, 0.3) is 0 Å². The summed E-state index contributed by atoms with van der Waals surface area (Å²) in [7, 11) is 1.67. The summed E-state index contributed by atoms with van der Waals surface area (Å²) in [5.41, 5.74) is 3.28. The Labute approximate surface area is 164 Å². The number of methoxy groups -OCH3 is 1. The third-order valence-corrected chi connectivity index (χ3v) is 5.35. The standard InChI is InChI=1S/C22H24N2O4/c1-15-11-16(7-8-20(15)27-2)12-23-9-10-28-17(13-23)14-24-21(25)18-5-3-4-6-19(18)22(24)26/h3-8,11,17H,9-10,12-14H2,1-2H3/t17-/m1/s1. The van der Waals surface area contributed by atoms with Crippen LogP contribution < -0.4 is 4.74 Å². The first kappa shape index (κ1) is 18.7. The number of hydrogen-bond acceptors (Lipinski definition) is 5. The van der Waals surface area contributed by atoms with Gasteiger partial charge in [-0.2, -0.15) is 0 Å². The van der Waals surface area contributed by atoms with Gasteiger partial charge in [-0.15, -0.1) is 0 Å².